The fourth-order valence-electron chi connectivity index (χ4n) is 1.55. The zero-order chi connectivity index (χ0) is 14.8. The molecule has 0 radical (unpaired) electrons. The number of nitrogens with zero attached hydrogens (tertiary/aromatic N) is 3. The van der Waals surface area contributed by atoms with Crippen molar-refractivity contribution in [1.82, 2.24) is 15.2 Å². The van der Waals surface area contributed by atoms with Crippen molar-refractivity contribution in [2.24, 2.45) is 0 Å². The first-order valence-corrected chi connectivity index (χ1v) is 6.98. The van der Waals surface area contributed by atoms with E-state index in [1.807, 2.05) is 6.92 Å². The van der Waals surface area contributed by atoms with Crippen molar-refractivity contribution >= 4 is 23.4 Å². The average Bonchev–Trinajstić information content (AvgIpc) is 2.39. The van der Waals surface area contributed by atoms with Crippen LogP contribution < -0.4 is 0 Å². The quantitative estimate of drug-likeness (QED) is 0.790. The second-order valence-corrected chi connectivity index (χ2v) is 5.38. The SMILES string of the molecule is CCSc1cccnc1-c1cc(C(F)(F)F)c(Cl)nn1. The number of thioether (sulfide) groups is 1. The molecule has 106 valence electrons. The van der Waals surface area contributed by atoms with Gasteiger partial charge in [0.2, 0.25) is 0 Å². The summed E-state index contributed by atoms with van der Waals surface area (Å²) in [6.07, 6.45) is -3.08. The molecule has 0 saturated heterocycles. The molecule has 20 heavy (non-hydrogen) atoms. The number of aromatic nitrogens is 3. The van der Waals surface area contributed by atoms with Crippen LogP contribution in [0.2, 0.25) is 5.15 Å². The van der Waals surface area contributed by atoms with Crippen LogP contribution >= 0.6 is 23.4 Å². The molecule has 2 heterocycles. The van der Waals surface area contributed by atoms with Gasteiger partial charge >= 0.3 is 6.18 Å². The van der Waals surface area contributed by atoms with Gasteiger partial charge in [-0.05, 0) is 24.0 Å². The van der Waals surface area contributed by atoms with E-state index in [1.54, 1.807) is 12.1 Å². The summed E-state index contributed by atoms with van der Waals surface area (Å²) in [5, 5.41) is 6.41. The number of hydrogen-bond donors (Lipinski definition) is 0. The van der Waals surface area contributed by atoms with E-state index in [0.717, 1.165) is 16.7 Å². The van der Waals surface area contributed by atoms with Crippen LogP contribution in [-0.4, -0.2) is 20.9 Å². The Morgan fingerprint density at radius 1 is 1.30 bits per heavy atom. The molecule has 0 aliphatic heterocycles. The van der Waals surface area contributed by atoms with Crippen molar-refractivity contribution < 1.29 is 13.2 Å². The van der Waals surface area contributed by atoms with Gasteiger partial charge in [-0.1, -0.05) is 18.5 Å². The molecule has 0 N–H and O–H groups in total. The lowest BCUT2D eigenvalue weighted by Crippen LogP contribution is -2.08. The Hall–Kier alpha value is -1.34. The third kappa shape index (κ3) is 3.21. The molecule has 0 aliphatic carbocycles. The van der Waals surface area contributed by atoms with Crippen molar-refractivity contribution in [1.29, 1.82) is 0 Å². The van der Waals surface area contributed by atoms with Crippen molar-refractivity contribution in [2.45, 2.75) is 18.0 Å². The molecular formula is C12H9ClF3N3S. The summed E-state index contributed by atoms with van der Waals surface area (Å²) < 4.78 is 38.4. The number of pyridine rings is 1. The maximum Gasteiger partial charge on any atom is 0.419 e. The second kappa shape index (κ2) is 5.97. The Labute approximate surface area is 122 Å². The van der Waals surface area contributed by atoms with Gasteiger partial charge in [0.25, 0.3) is 0 Å². The molecule has 0 amide bonds. The third-order valence-electron chi connectivity index (χ3n) is 2.37. The predicted octanol–water partition coefficient (Wildman–Crippen LogP) is 4.32. The van der Waals surface area contributed by atoms with Crippen LogP contribution in [0.3, 0.4) is 0 Å². The van der Waals surface area contributed by atoms with Gasteiger partial charge in [0.1, 0.15) is 11.4 Å². The molecule has 0 bridgehead atoms. The number of rotatable bonds is 3. The van der Waals surface area contributed by atoms with E-state index >= 15 is 0 Å². The highest BCUT2D eigenvalue weighted by Gasteiger charge is 2.35. The predicted molar refractivity (Wildman–Crippen MR) is 71.7 cm³/mol. The summed E-state index contributed by atoms with van der Waals surface area (Å²) in [5.41, 5.74) is -0.588. The molecule has 3 nitrogen and oxygen atoms in total. The van der Waals surface area contributed by atoms with Gasteiger partial charge in [-0.15, -0.1) is 22.0 Å². The van der Waals surface area contributed by atoms with Crippen LogP contribution in [0.1, 0.15) is 12.5 Å². The monoisotopic (exact) mass is 319 g/mol. The molecule has 2 aromatic rings. The highest BCUT2D eigenvalue weighted by Crippen LogP contribution is 2.36. The summed E-state index contributed by atoms with van der Waals surface area (Å²) in [4.78, 5) is 4.84. The lowest BCUT2D eigenvalue weighted by Gasteiger charge is -2.10. The lowest BCUT2D eigenvalue weighted by molar-refractivity contribution is -0.137. The van der Waals surface area contributed by atoms with Crippen LogP contribution in [0.5, 0.6) is 0 Å². The van der Waals surface area contributed by atoms with E-state index in [1.165, 1.54) is 18.0 Å². The standard InChI is InChI=1S/C12H9ClF3N3S/c1-2-20-9-4-3-5-17-10(9)8-6-7(12(14,15)16)11(13)19-18-8/h3-6H,2H2,1H3. The van der Waals surface area contributed by atoms with Crippen molar-refractivity contribution in [3.63, 3.8) is 0 Å². The smallest absolute Gasteiger partial charge is 0.253 e. The van der Waals surface area contributed by atoms with Crippen molar-refractivity contribution in [2.75, 3.05) is 5.75 Å². The maximum atomic E-state index is 12.8. The van der Waals surface area contributed by atoms with E-state index < -0.39 is 16.9 Å². The molecule has 0 atom stereocenters. The minimum atomic E-state index is -4.57. The molecule has 0 spiro atoms. The first-order valence-electron chi connectivity index (χ1n) is 5.62. The fourth-order valence-corrected chi connectivity index (χ4v) is 2.53. The van der Waals surface area contributed by atoms with Crippen LogP contribution in [0.15, 0.2) is 29.3 Å². The van der Waals surface area contributed by atoms with E-state index in [2.05, 4.69) is 15.2 Å². The van der Waals surface area contributed by atoms with Crippen LogP contribution in [0.4, 0.5) is 13.2 Å². The Balaban J connectivity index is 2.54. The molecule has 2 rings (SSSR count). The fraction of sp³-hybridized carbons (Fsp3) is 0.250. The van der Waals surface area contributed by atoms with Gasteiger partial charge < -0.3 is 0 Å². The van der Waals surface area contributed by atoms with Gasteiger partial charge in [0.15, 0.2) is 5.15 Å². The van der Waals surface area contributed by atoms with Gasteiger partial charge in [-0.25, -0.2) is 0 Å². The Morgan fingerprint density at radius 3 is 2.70 bits per heavy atom. The Kier molecular flexibility index (Phi) is 4.49. The summed E-state index contributed by atoms with van der Waals surface area (Å²) in [6, 6.07) is 4.37. The zero-order valence-electron chi connectivity index (χ0n) is 10.3. The Morgan fingerprint density at radius 2 is 2.05 bits per heavy atom. The average molecular weight is 320 g/mol. The highest BCUT2D eigenvalue weighted by molar-refractivity contribution is 7.99. The topological polar surface area (TPSA) is 38.7 Å². The van der Waals surface area contributed by atoms with E-state index in [9.17, 15) is 13.2 Å². The second-order valence-electron chi connectivity index (χ2n) is 3.71. The molecular weight excluding hydrogens is 311 g/mol. The molecule has 0 saturated carbocycles. The number of alkyl halides is 3. The maximum absolute atomic E-state index is 12.8. The van der Waals surface area contributed by atoms with Crippen LogP contribution in [0.25, 0.3) is 11.4 Å². The molecule has 2 aromatic heterocycles. The number of hydrogen-bond acceptors (Lipinski definition) is 4. The minimum Gasteiger partial charge on any atom is -0.253 e. The van der Waals surface area contributed by atoms with Crippen molar-refractivity contribution in [3.8, 4) is 11.4 Å². The van der Waals surface area contributed by atoms with E-state index in [4.69, 9.17) is 11.6 Å². The summed E-state index contributed by atoms with van der Waals surface area (Å²) >= 11 is 6.92. The summed E-state index contributed by atoms with van der Waals surface area (Å²) in [6.45, 7) is 1.94. The third-order valence-corrected chi connectivity index (χ3v) is 3.58. The summed E-state index contributed by atoms with van der Waals surface area (Å²) in [5.74, 6) is 0.770. The lowest BCUT2D eigenvalue weighted by atomic mass is 10.2. The van der Waals surface area contributed by atoms with Gasteiger partial charge in [-0.2, -0.15) is 13.2 Å². The van der Waals surface area contributed by atoms with E-state index in [0.29, 0.717) is 5.69 Å². The molecule has 0 aromatic carbocycles. The largest absolute Gasteiger partial charge is 0.419 e. The molecule has 0 fully saturated rings. The van der Waals surface area contributed by atoms with Crippen LogP contribution in [0, 0.1) is 0 Å². The van der Waals surface area contributed by atoms with Crippen molar-refractivity contribution in [3.05, 3.63) is 35.1 Å². The molecule has 0 unspecified atom stereocenters. The first kappa shape index (κ1) is 15.1. The van der Waals surface area contributed by atoms with Crippen LogP contribution in [-0.2, 0) is 6.18 Å². The highest BCUT2D eigenvalue weighted by atomic mass is 35.5. The Bertz CT molecular complexity index is 619. The normalized spacial score (nSPS) is 11.7. The molecule has 0 aliphatic rings. The van der Waals surface area contributed by atoms with E-state index in [-0.39, 0.29) is 5.69 Å². The van der Waals surface area contributed by atoms with Gasteiger partial charge in [-0.3, -0.25) is 4.98 Å². The molecule has 8 heteroatoms. The summed E-state index contributed by atoms with van der Waals surface area (Å²) in [7, 11) is 0. The zero-order valence-corrected chi connectivity index (χ0v) is 11.9. The van der Waals surface area contributed by atoms with Gasteiger partial charge in [0.05, 0.1) is 5.56 Å². The minimum absolute atomic E-state index is 0.0540. The number of halogens is 4. The first-order chi connectivity index (χ1) is 9.43. The van der Waals surface area contributed by atoms with Gasteiger partial charge in [0, 0.05) is 11.1 Å².